The molecule has 0 atom stereocenters. The minimum absolute atomic E-state index is 0.0613. The van der Waals surface area contributed by atoms with Crippen molar-refractivity contribution in [1.29, 1.82) is 0 Å². The molecular weight excluding hydrogens is 380 g/mol. The predicted octanol–water partition coefficient (Wildman–Crippen LogP) is 3.95. The van der Waals surface area contributed by atoms with E-state index in [-0.39, 0.29) is 12.5 Å². The fraction of sp³-hybridized carbons (Fsp3) is 0.130. The Morgan fingerprint density at radius 3 is 2.70 bits per heavy atom. The zero-order chi connectivity index (χ0) is 20.8. The topological polar surface area (TPSA) is 90.1 Å². The summed E-state index contributed by atoms with van der Waals surface area (Å²) in [5, 5.41) is 6.87. The third-order valence-electron chi connectivity index (χ3n) is 4.44. The van der Waals surface area contributed by atoms with Crippen LogP contribution in [0.1, 0.15) is 27.4 Å². The second kappa shape index (κ2) is 9.00. The Morgan fingerprint density at radius 2 is 1.90 bits per heavy atom. The van der Waals surface area contributed by atoms with Gasteiger partial charge in [-0.15, -0.1) is 0 Å². The van der Waals surface area contributed by atoms with Gasteiger partial charge >= 0.3 is 0 Å². The van der Waals surface area contributed by atoms with Gasteiger partial charge < -0.3 is 14.6 Å². The highest BCUT2D eigenvalue weighted by molar-refractivity contribution is 5.96. The molecule has 0 radical (unpaired) electrons. The van der Waals surface area contributed by atoms with Gasteiger partial charge in [0.25, 0.3) is 11.8 Å². The lowest BCUT2D eigenvalue weighted by molar-refractivity contribution is 0.0945. The maximum atomic E-state index is 12.6. The van der Waals surface area contributed by atoms with E-state index < -0.39 is 0 Å². The van der Waals surface area contributed by atoms with Gasteiger partial charge in [0.1, 0.15) is 5.75 Å². The molecule has 0 saturated carbocycles. The van der Waals surface area contributed by atoms with Crippen molar-refractivity contribution >= 4 is 5.91 Å². The predicted molar refractivity (Wildman–Crippen MR) is 111 cm³/mol. The molecule has 7 nitrogen and oxygen atoms in total. The molecule has 0 saturated heterocycles. The van der Waals surface area contributed by atoms with Crippen molar-refractivity contribution in [1.82, 2.24) is 20.4 Å². The van der Waals surface area contributed by atoms with Crippen LogP contribution in [-0.4, -0.2) is 21.0 Å². The maximum absolute atomic E-state index is 12.6. The highest BCUT2D eigenvalue weighted by Crippen LogP contribution is 2.21. The van der Waals surface area contributed by atoms with E-state index in [0.717, 1.165) is 16.7 Å². The van der Waals surface area contributed by atoms with Crippen molar-refractivity contribution in [3.05, 3.63) is 95.6 Å². The van der Waals surface area contributed by atoms with E-state index in [2.05, 4.69) is 20.4 Å². The number of pyridine rings is 1. The van der Waals surface area contributed by atoms with Gasteiger partial charge in [-0.1, -0.05) is 53.2 Å². The Labute approximate surface area is 173 Å². The minimum atomic E-state index is -0.236. The Hall–Kier alpha value is -4.00. The molecular formula is C23H20N4O3. The fourth-order valence-corrected chi connectivity index (χ4v) is 2.83. The van der Waals surface area contributed by atoms with Crippen LogP contribution in [0.5, 0.6) is 5.75 Å². The van der Waals surface area contributed by atoms with Crippen LogP contribution in [0.2, 0.25) is 0 Å². The number of nitrogens with zero attached hydrogens (tertiary/aromatic N) is 3. The van der Waals surface area contributed by atoms with Crippen LogP contribution in [-0.2, 0) is 13.2 Å². The molecule has 2 aromatic heterocycles. The molecule has 2 heterocycles. The van der Waals surface area contributed by atoms with Crippen LogP contribution in [0.4, 0.5) is 0 Å². The lowest BCUT2D eigenvalue weighted by Gasteiger charge is -2.10. The average molecular weight is 400 g/mol. The van der Waals surface area contributed by atoms with Crippen molar-refractivity contribution in [2.24, 2.45) is 0 Å². The molecule has 4 rings (SSSR count). The van der Waals surface area contributed by atoms with E-state index >= 15 is 0 Å². The Balaban J connectivity index is 1.41. The third kappa shape index (κ3) is 4.70. The van der Waals surface area contributed by atoms with Crippen molar-refractivity contribution in [3.63, 3.8) is 0 Å². The zero-order valence-corrected chi connectivity index (χ0v) is 16.4. The number of carbonyl (C=O) groups excluding carboxylic acids is 1. The second-order valence-electron chi connectivity index (χ2n) is 6.71. The molecule has 0 aliphatic rings. The molecule has 1 amide bonds. The monoisotopic (exact) mass is 400 g/mol. The van der Waals surface area contributed by atoms with E-state index in [9.17, 15) is 4.79 Å². The minimum Gasteiger partial charge on any atom is -0.483 e. The molecule has 7 heteroatoms. The van der Waals surface area contributed by atoms with E-state index in [1.165, 1.54) is 0 Å². The van der Waals surface area contributed by atoms with Crippen LogP contribution in [0, 0.1) is 6.92 Å². The van der Waals surface area contributed by atoms with Gasteiger partial charge in [-0.25, -0.2) is 0 Å². The molecule has 0 bridgehead atoms. The molecule has 0 aliphatic heterocycles. The first-order valence-electron chi connectivity index (χ1n) is 9.47. The molecule has 2 aromatic carbocycles. The van der Waals surface area contributed by atoms with Crippen molar-refractivity contribution in [2.45, 2.75) is 20.1 Å². The molecule has 150 valence electrons. The summed E-state index contributed by atoms with van der Waals surface area (Å²) in [6.45, 7) is 2.46. The van der Waals surface area contributed by atoms with Gasteiger partial charge in [-0.2, -0.15) is 4.98 Å². The van der Waals surface area contributed by atoms with Gasteiger partial charge in [0.05, 0.1) is 5.56 Å². The largest absolute Gasteiger partial charge is 0.483 e. The number of rotatable bonds is 7. The highest BCUT2D eigenvalue weighted by Gasteiger charge is 2.14. The summed E-state index contributed by atoms with van der Waals surface area (Å²) < 4.78 is 11.1. The van der Waals surface area contributed by atoms with Crippen LogP contribution < -0.4 is 10.1 Å². The van der Waals surface area contributed by atoms with Crippen molar-refractivity contribution < 1.29 is 14.1 Å². The number of amides is 1. The lowest BCUT2D eigenvalue weighted by atomic mass is 10.1. The third-order valence-corrected chi connectivity index (χ3v) is 4.44. The molecule has 0 unspecified atom stereocenters. The van der Waals surface area contributed by atoms with Crippen LogP contribution >= 0.6 is 0 Å². The summed E-state index contributed by atoms with van der Waals surface area (Å²) in [4.78, 5) is 21.0. The smallest absolute Gasteiger partial charge is 0.264 e. The number of carbonyl (C=O) groups is 1. The average Bonchev–Trinajstić information content (AvgIpc) is 3.26. The lowest BCUT2D eigenvalue weighted by Crippen LogP contribution is -2.23. The number of hydrogen-bond donors (Lipinski definition) is 1. The highest BCUT2D eigenvalue weighted by atomic mass is 16.5. The van der Waals surface area contributed by atoms with Crippen molar-refractivity contribution in [2.75, 3.05) is 0 Å². The molecule has 1 N–H and O–H groups in total. The first-order chi connectivity index (χ1) is 14.7. The standard InChI is InChI=1S/C23H20N4O3/c1-16-8-10-18(11-9-16)22-26-21(30-27-22)15-29-20-7-3-2-6-19(20)23(28)25-14-17-5-4-12-24-13-17/h2-13H,14-15H2,1H3,(H,25,28). The number of hydrogen-bond acceptors (Lipinski definition) is 6. The van der Waals surface area contributed by atoms with E-state index in [1.54, 1.807) is 36.7 Å². The Morgan fingerprint density at radius 1 is 1.07 bits per heavy atom. The van der Waals surface area contributed by atoms with E-state index in [0.29, 0.717) is 29.6 Å². The maximum Gasteiger partial charge on any atom is 0.264 e. The number of benzene rings is 2. The SMILES string of the molecule is Cc1ccc(-c2noc(COc3ccccc3C(=O)NCc3cccnc3)n2)cc1. The molecule has 4 aromatic rings. The summed E-state index contributed by atoms with van der Waals surface area (Å²) in [6.07, 6.45) is 3.40. The summed E-state index contributed by atoms with van der Waals surface area (Å²) in [5.74, 6) is 1.03. The molecule has 0 spiro atoms. The van der Waals surface area contributed by atoms with Gasteiger partial charge in [0.2, 0.25) is 5.82 Å². The quantitative estimate of drug-likeness (QED) is 0.505. The van der Waals surface area contributed by atoms with Crippen LogP contribution in [0.3, 0.4) is 0 Å². The van der Waals surface area contributed by atoms with Gasteiger partial charge in [-0.3, -0.25) is 9.78 Å². The molecule has 0 fully saturated rings. The van der Waals surface area contributed by atoms with Gasteiger partial charge in [0, 0.05) is 24.5 Å². The number of aryl methyl sites for hydroxylation is 1. The Bertz CT molecular complexity index is 1120. The number of ether oxygens (including phenoxy) is 1. The first kappa shape index (κ1) is 19.3. The van der Waals surface area contributed by atoms with Gasteiger partial charge in [-0.05, 0) is 30.7 Å². The van der Waals surface area contributed by atoms with Crippen LogP contribution in [0.25, 0.3) is 11.4 Å². The Kier molecular flexibility index (Phi) is 5.80. The number of para-hydroxylation sites is 1. The zero-order valence-electron chi connectivity index (χ0n) is 16.4. The van der Waals surface area contributed by atoms with E-state index in [4.69, 9.17) is 9.26 Å². The van der Waals surface area contributed by atoms with Crippen LogP contribution in [0.15, 0.2) is 77.6 Å². The summed E-state index contributed by atoms with van der Waals surface area (Å²) >= 11 is 0. The summed E-state index contributed by atoms with van der Waals surface area (Å²) in [6, 6.07) is 18.6. The summed E-state index contributed by atoms with van der Waals surface area (Å²) in [7, 11) is 0. The summed E-state index contributed by atoms with van der Waals surface area (Å²) in [5.41, 5.74) is 3.37. The fourth-order valence-electron chi connectivity index (χ4n) is 2.83. The molecule has 0 aliphatic carbocycles. The molecule has 30 heavy (non-hydrogen) atoms. The van der Waals surface area contributed by atoms with E-state index in [1.807, 2.05) is 43.3 Å². The van der Waals surface area contributed by atoms with Gasteiger partial charge in [0.15, 0.2) is 6.61 Å². The second-order valence-corrected chi connectivity index (χ2v) is 6.71. The normalized spacial score (nSPS) is 10.6. The van der Waals surface area contributed by atoms with Crippen molar-refractivity contribution in [3.8, 4) is 17.1 Å². The number of nitrogens with one attached hydrogen (secondary N) is 1. The first-order valence-corrected chi connectivity index (χ1v) is 9.47. The number of aromatic nitrogens is 3.